The van der Waals surface area contributed by atoms with E-state index < -0.39 is 0 Å². The number of carbonyl (C=O) groups excluding carboxylic acids is 2. The lowest BCUT2D eigenvalue weighted by Crippen LogP contribution is -2.38. The van der Waals surface area contributed by atoms with E-state index in [0.717, 1.165) is 17.9 Å². The highest BCUT2D eigenvalue weighted by molar-refractivity contribution is 9.10. The number of hydrogen-bond donors (Lipinski definition) is 1. The number of hydrogen-bond acceptors (Lipinski definition) is 5. The number of aromatic hydroxyl groups is 1. The molecule has 1 saturated heterocycles. The standard InChI is InChI=1S/C19H19BrN2O4/c1-2-26-14-8-10(7-13(20)17(14)23)9-21-22-18(24)15-11-3-4-12(6-5-11)16(15)19(22)25/h3-4,7-9,11-12,15-16,23H,2,5-6H2,1H3/b21-9-/t11-,12+,15-,16+. The second kappa shape index (κ2) is 6.54. The van der Waals surface area contributed by atoms with Gasteiger partial charge in [-0.05, 0) is 65.2 Å². The molecule has 0 spiro atoms. The van der Waals surface area contributed by atoms with Gasteiger partial charge < -0.3 is 9.84 Å². The zero-order chi connectivity index (χ0) is 18.4. The van der Waals surface area contributed by atoms with E-state index in [-0.39, 0.29) is 41.2 Å². The number of phenols is 1. The number of imide groups is 1. The third kappa shape index (κ3) is 2.65. The van der Waals surface area contributed by atoms with Gasteiger partial charge in [0.2, 0.25) is 0 Å². The Bertz CT molecular complexity index is 803. The van der Waals surface area contributed by atoms with Gasteiger partial charge in [0, 0.05) is 0 Å². The number of carbonyl (C=O) groups is 2. The molecule has 1 saturated carbocycles. The smallest absolute Gasteiger partial charge is 0.254 e. The Morgan fingerprint density at radius 3 is 2.38 bits per heavy atom. The van der Waals surface area contributed by atoms with Crippen LogP contribution in [0.3, 0.4) is 0 Å². The summed E-state index contributed by atoms with van der Waals surface area (Å²) in [6.07, 6.45) is 7.54. The zero-order valence-electron chi connectivity index (χ0n) is 14.3. The van der Waals surface area contributed by atoms with E-state index in [0.29, 0.717) is 22.4 Å². The first-order chi connectivity index (χ1) is 12.5. The number of halogens is 1. The van der Waals surface area contributed by atoms with E-state index in [9.17, 15) is 14.7 Å². The van der Waals surface area contributed by atoms with E-state index in [1.54, 1.807) is 12.1 Å². The summed E-state index contributed by atoms with van der Waals surface area (Å²) >= 11 is 3.27. The second-order valence-electron chi connectivity index (χ2n) is 6.86. The molecule has 2 amide bonds. The van der Waals surface area contributed by atoms with Crippen LogP contribution in [0.25, 0.3) is 0 Å². The Hall–Kier alpha value is -2.15. The molecule has 4 atom stereocenters. The number of fused-ring (bicyclic) bond motifs is 1. The van der Waals surface area contributed by atoms with Crippen molar-refractivity contribution in [2.24, 2.45) is 28.8 Å². The molecule has 1 aliphatic heterocycles. The molecule has 3 aliphatic carbocycles. The number of hydrazone groups is 1. The molecule has 1 heterocycles. The average Bonchev–Trinajstić information content (AvgIpc) is 2.91. The van der Waals surface area contributed by atoms with Crippen LogP contribution in [-0.2, 0) is 9.59 Å². The highest BCUT2D eigenvalue weighted by Gasteiger charge is 2.56. The molecule has 1 N–H and O–H groups in total. The van der Waals surface area contributed by atoms with Gasteiger partial charge in [0.05, 0.1) is 29.1 Å². The first-order valence-electron chi connectivity index (χ1n) is 8.76. The molecule has 5 rings (SSSR count). The summed E-state index contributed by atoms with van der Waals surface area (Å²) in [5.41, 5.74) is 0.620. The summed E-state index contributed by atoms with van der Waals surface area (Å²) in [6, 6.07) is 3.28. The van der Waals surface area contributed by atoms with E-state index in [2.05, 4.69) is 33.2 Å². The Balaban J connectivity index is 1.60. The molecule has 1 aromatic carbocycles. The second-order valence-corrected chi connectivity index (χ2v) is 7.71. The number of phenolic OH excluding ortho intramolecular Hbond substituents is 1. The molecular formula is C19H19BrN2O4. The molecule has 136 valence electrons. The van der Waals surface area contributed by atoms with Crippen molar-refractivity contribution in [3.05, 3.63) is 34.3 Å². The summed E-state index contributed by atoms with van der Waals surface area (Å²) in [7, 11) is 0. The molecule has 1 aromatic rings. The Morgan fingerprint density at radius 1 is 1.23 bits per heavy atom. The van der Waals surface area contributed by atoms with Crippen LogP contribution in [0.5, 0.6) is 11.5 Å². The number of rotatable bonds is 4. The van der Waals surface area contributed by atoms with Gasteiger partial charge in [0.1, 0.15) is 0 Å². The Morgan fingerprint density at radius 2 is 1.85 bits per heavy atom. The van der Waals surface area contributed by atoms with Crippen LogP contribution in [0.4, 0.5) is 0 Å². The molecule has 2 bridgehead atoms. The fraction of sp³-hybridized carbons (Fsp3) is 0.421. The van der Waals surface area contributed by atoms with Gasteiger partial charge >= 0.3 is 0 Å². The van der Waals surface area contributed by atoms with Crippen molar-refractivity contribution in [2.75, 3.05) is 6.61 Å². The van der Waals surface area contributed by atoms with Gasteiger partial charge in [0.25, 0.3) is 11.8 Å². The minimum absolute atomic E-state index is 0.00555. The minimum Gasteiger partial charge on any atom is -0.503 e. The predicted molar refractivity (Wildman–Crippen MR) is 98.8 cm³/mol. The van der Waals surface area contributed by atoms with E-state index in [4.69, 9.17) is 4.74 Å². The minimum atomic E-state index is -0.270. The maximum Gasteiger partial charge on any atom is 0.254 e. The summed E-state index contributed by atoms with van der Waals surface area (Å²) < 4.78 is 5.85. The van der Waals surface area contributed by atoms with Crippen LogP contribution in [0.1, 0.15) is 25.3 Å². The van der Waals surface area contributed by atoms with Gasteiger partial charge in [-0.1, -0.05) is 12.2 Å². The fourth-order valence-corrected chi connectivity index (χ4v) is 4.69. The molecular weight excluding hydrogens is 400 g/mol. The SMILES string of the molecule is CCOc1cc(/C=N\N2C(=O)[C@@H]3[C@H](C2=O)[C@@H]2C=C[C@H]3CC2)cc(Br)c1O. The van der Waals surface area contributed by atoms with Crippen molar-refractivity contribution in [1.82, 2.24) is 5.01 Å². The van der Waals surface area contributed by atoms with Crippen molar-refractivity contribution in [3.63, 3.8) is 0 Å². The lowest BCUT2D eigenvalue weighted by Gasteiger charge is -2.37. The molecule has 4 aliphatic rings. The maximum atomic E-state index is 12.7. The lowest BCUT2D eigenvalue weighted by atomic mass is 9.63. The highest BCUT2D eigenvalue weighted by atomic mass is 79.9. The van der Waals surface area contributed by atoms with E-state index in [1.165, 1.54) is 6.21 Å². The molecule has 6 nitrogen and oxygen atoms in total. The predicted octanol–water partition coefficient (Wildman–Crippen LogP) is 3.08. The molecule has 0 unspecified atom stereocenters. The quantitative estimate of drug-likeness (QED) is 0.462. The number of benzene rings is 1. The first kappa shape index (κ1) is 17.3. The third-order valence-corrected chi connectivity index (χ3v) is 6.01. The van der Waals surface area contributed by atoms with Crippen molar-refractivity contribution in [1.29, 1.82) is 0 Å². The molecule has 7 heteroatoms. The van der Waals surface area contributed by atoms with Crippen molar-refractivity contribution in [3.8, 4) is 11.5 Å². The topological polar surface area (TPSA) is 79.2 Å². The van der Waals surface area contributed by atoms with Crippen LogP contribution in [-0.4, -0.2) is 34.8 Å². The van der Waals surface area contributed by atoms with Gasteiger partial charge in [-0.3, -0.25) is 9.59 Å². The fourth-order valence-electron chi connectivity index (χ4n) is 4.23. The van der Waals surface area contributed by atoms with E-state index >= 15 is 0 Å². The zero-order valence-corrected chi connectivity index (χ0v) is 15.8. The number of nitrogens with zero attached hydrogens (tertiary/aromatic N) is 2. The van der Waals surface area contributed by atoms with Gasteiger partial charge in [-0.2, -0.15) is 10.1 Å². The Kier molecular flexibility index (Phi) is 4.34. The van der Waals surface area contributed by atoms with Crippen LogP contribution in [0, 0.1) is 23.7 Å². The summed E-state index contributed by atoms with van der Waals surface area (Å²) in [6.45, 7) is 2.22. The highest BCUT2D eigenvalue weighted by Crippen LogP contribution is 2.49. The summed E-state index contributed by atoms with van der Waals surface area (Å²) in [5.74, 6) is -0.341. The maximum absolute atomic E-state index is 12.7. The molecule has 26 heavy (non-hydrogen) atoms. The number of amides is 2. The van der Waals surface area contributed by atoms with Crippen LogP contribution in [0.2, 0.25) is 0 Å². The molecule has 2 fully saturated rings. The monoisotopic (exact) mass is 418 g/mol. The van der Waals surface area contributed by atoms with Gasteiger partial charge in [-0.15, -0.1) is 0 Å². The lowest BCUT2D eigenvalue weighted by molar-refractivity contribution is -0.140. The number of ether oxygens (including phenoxy) is 1. The van der Waals surface area contributed by atoms with Crippen molar-refractivity contribution < 1.29 is 19.4 Å². The Labute approximate surface area is 159 Å². The average molecular weight is 419 g/mol. The summed E-state index contributed by atoms with van der Waals surface area (Å²) in [4.78, 5) is 25.5. The largest absolute Gasteiger partial charge is 0.503 e. The molecule has 0 radical (unpaired) electrons. The van der Waals surface area contributed by atoms with Crippen LogP contribution < -0.4 is 4.74 Å². The third-order valence-electron chi connectivity index (χ3n) is 5.41. The van der Waals surface area contributed by atoms with Gasteiger partial charge in [-0.25, -0.2) is 0 Å². The normalized spacial score (nSPS) is 29.7. The van der Waals surface area contributed by atoms with Gasteiger partial charge in [0.15, 0.2) is 11.5 Å². The molecule has 0 aromatic heterocycles. The van der Waals surface area contributed by atoms with E-state index in [1.807, 2.05) is 6.92 Å². The first-order valence-corrected chi connectivity index (χ1v) is 9.56. The van der Waals surface area contributed by atoms with Crippen molar-refractivity contribution >= 4 is 34.0 Å². The number of allylic oxidation sites excluding steroid dienone is 2. The van der Waals surface area contributed by atoms with Crippen LogP contribution in [0.15, 0.2) is 33.9 Å². The van der Waals surface area contributed by atoms with Crippen molar-refractivity contribution in [2.45, 2.75) is 19.8 Å². The summed E-state index contributed by atoms with van der Waals surface area (Å²) in [5, 5.41) is 15.2. The van der Waals surface area contributed by atoms with Crippen LogP contribution >= 0.6 is 15.9 Å².